The zero-order valence-corrected chi connectivity index (χ0v) is 15.7. The Morgan fingerprint density at radius 1 is 1.11 bits per heavy atom. The molecule has 138 valence electrons. The summed E-state index contributed by atoms with van der Waals surface area (Å²) in [6.07, 6.45) is 2.04. The van der Waals surface area contributed by atoms with Gasteiger partial charge in [-0.05, 0) is 55.8 Å². The number of halogens is 1. The number of hydrogen-bond donors (Lipinski definition) is 0. The molecule has 0 unspecified atom stereocenters. The second-order valence-corrected chi connectivity index (χ2v) is 8.03. The lowest BCUT2D eigenvalue weighted by Gasteiger charge is -2.28. The van der Waals surface area contributed by atoms with Crippen molar-refractivity contribution < 1.29 is 9.18 Å². The number of ketones is 1. The molecule has 0 saturated heterocycles. The average Bonchev–Trinajstić information content (AvgIpc) is 2.69. The monoisotopic (exact) mass is 381 g/mol. The first-order valence-corrected chi connectivity index (χ1v) is 9.98. The van der Waals surface area contributed by atoms with Gasteiger partial charge in [0, 0.05) is 45.6 Å². The quantitative estimate of drug-likeness (QED) is 0.614. The lowest BCUT2D eigenvalue weighted by molar-refractivity contribution is 0.0973. The standard InChI is InChI=1S/C22H20FNO2S/c23-16-9-7-15(8-10-16)19(25)5-3-12-24-13-11-21-18(14-24)22(26)17-4-1-2-6-20(17)27-21/h1-2,4,6-10H,3,5,11-14H2. The lowest BCUT2D eigenvalue weighted by Crippen LogP contribution is -2.34. The van der Waals surface area contributed by atoms with Gasteiger partial charge in [-0.25, -0.2) is 4.39 Å². The SMILES string of the molecule is O=C(CCCN1CCc2sc3ccccc3c(=O)c2C1)c1ccc(F)cc1. The highest BCUT2D eigenvalue weighted by atomic mass is 32.1. The molecule has 1 aromatic heterocycles. The third-order valence-corrected chi connectivity index (χ3v) is 6.33. The van der Waals surface area contributed by atoms with Gasteiger partial charge in [0.1, 0.15) is 5.82 Å². The van der Waals surface area contributed by atoms with Crippen LogP contribution in [0.3, 0.4) is 0 Å². The van der Waals surface area contributed by atoms with E-state index in [4.69, 9.17) is 0 Å². The average molecular weight is 381 g/mol. The van der Waals surface area contributed by atoms with Gasteiger partial charge in [-0.2, -0.15) is 0 Å². The molecule has 0 atom stereocenters. The fraction of sp³-hybridized carbons (Fsp3) is 0.273. The van der Waals surface area contributed by atoms with Gasteiger partial charge in [0.2, 0.25) is 0 Å². The molecule has 0 bridgehead atoms. The lowest BCUT2D eigenvalue weighted by atomic mass is 10.0. The Labute approximate surface area is 161 Å². The van der Waals surface area contributed by atoms with Crippen LogP contribution in [-0.4, -0.2) is 23.8 Å². The molecule has 1 aliphatic heterocycles. The number of carbonyl (C=O) groups is 1. The van der Waals surface area contributed by atoms with Gasteiger partial charge in [0.05, 0.1) is 0 Å². The maximum absolute atomic E-state index is 13.0. The van der Waals surface area contributed by atoms with E-state index in [1.165, 1.54) is 29.1 Å². The minimum absolute atomic E-state index is 0.0325. The molecule has 0 spiro atoms. The number of nitrogens with zero attached hydrogens (tertiary/aromatic N) is 1. The van der Waals surface area contributed by atoms with E-state index in [2.05, 4.69) is 4.90 Å². The van der Waals surface area contributed by atoms with Crippen molar-refractivity contribution in [3.63, 3.8) is 0 Å². The van der Waals surface area contributed by atoms with Crippen molar-refractivity contribution >= 4 is 27.2 Å². The van der Waals surface area contributed by atoms with Crippen LogP contribution in [0.5, 0.6) is 0 Å². The summed E-state index contributed by atoms with van der Waals surface area (Å²) in [6.45, 7) is 2.34. The Hall–Kier alpha value is -2.37. The van der Waals surface area contributed by atoms with Crippen molar-refractivity contribution in [2.75, 3.05) is 13.1 Å². The Morgan fingerprint density at radius 2 is 1.89 bits per heavy atom. The molecule has 4 rings (SSSR count). The Kier molecular flexibility index (Phi) is 5.14. The number of benzene rings is 2. The summed E-state index contributed by atoms with van der Waals surface area (Å²) in [5.41, 5.74) is 1.61. The molecular formula is C22H20FNO2S. The molecular weight excluding hydrogens is 361 g/mol. The van der Waals surface area contributed by atoms with Gasteiger partial charge >= 0.3 is 0 Å². The molecule has 2 aromatic carbocycles. The number of rotatable bonds is 5. The fourth-order valence-electron chi connectivity index (χ4n) is 3.59. The summed E-state index contributed by atoms with van der Waals surface area (Å²) < 4.78 is 14.0. The van der Waals surface area contributed by atoms with Crippen molar-refractivity contribution in [1.29, 1.82) is 0 Å². The zero-order valence-electron chi connectivity index (χ0n) is 14.9. The molecule has 0 fully saturated rings. The summed E-state index contributed by atoms with van der Waals surface area (Å²) in [5, 5.41) is 0.801. The summed E-state index contributed by atoms with van der Waals surface area (Å²) in [5.74, 6) is -0.300. The van der Waals surface area contributed by atoms with Crippen molar-refractivity contribution in [2.45, 2.75) is 25.8 Å². The highest BCUT2D eigenvalue weighted by Crippen LogP contribution is 2.26. The van der Waals surface area contributed by atoms with Crippen LogP contribution in [0, 0.1) is 5.82 Å². The van der Waals surface area contributed by atoms with Crippen LogP contribution in [0.2, 0.25) is 0 Å². The van der Waals surface area contributed by atoms with Gasteiger partial charge in [0.25, 0.3) is 0 Å². The first kappa shape index (κ1) is 18.0. The molecule has 0 N–H and O–H groups in total. The number of Topliss-reactive ketones (excluding diaryl/α,β-unsaturated/α-hetero) is 1. The van der Waals surface area contributed by atoms with E-state index < -0.39 is 0 Å². The van der Waals surface area contributed by atoms with Gasteiger partial charge in [-0.1, -0.05) is 12.1 Å². The van der Waals surface area contributed by atoms with Crippen LogP contribution >= 0.6 is 11.3 Å². The number of fused-ring (bicyclic) bond motifs is 2. The van der Waals surface area contributed by atoms with E-state index in [1.807, 2.05) is 24.3 Å². The Balaban J connectivity index is 1.40. The molecule has 0 saturated carbocycles. The van der Waals surface area contributed by atoms with Crippen LogP contribution < -0.4 is 5.43 Å². The smallest absolute Gasteiger partial charge is 0.192 e. The minimum atomic E-state index is -0.333. The van der Waals surface area contributed by atoms with E-state index in [9.17, 15) is 14.0 Å². The van der Waals surface area contributed by atoms with Gasteiger partial charge in [0.15, 0.2) is 11.2 Å². The van der Waals surface area contributed by atoms with Crippen LogP contribution in [0.4, 0.5) is 4.39 Å². The third kappa shape index (κ3) is 3.84. The Bertz CT molecular complexity index is 1040. The highest BCUT2D eigenvalue weighted by Gasteiger charge is 2.21. The van der Waals surface area contributed by atoms with Crippen molar-refractivity contribution in [1.82, 2.24) is 4.90 Å². The van der Waals surface area contributed by atoms with E-state index in [-0.39, 0.29) is 17.0 Å². The predicted octanol–water partition coefficient (Wildman–Crippen LogP) is 4.42. The number of hydrogen-bond acceptors (Lipinski definition) is 4. The van der Waals surface area contributed by atoms with Crippen molar-refractivity contribution in [2.24, 2.45) is 0 Å². The van der Waals surface area contributed by atoms with E-state index >= 15 is 0 Å². The summed E-state index contributed by atoms with van der Waals surface area (Å²) in [6, 6.07) is 13.5. The molecule has 2 heterocycles. The summed E-state index contributed by atoms with van der Waals surface area (Å²) in [7, 11) is 0. The third-order valence-electron chi connectivity index (χ3n) is 5.06. The molecule has 3 aromatic rings. The molecule has 0 amide bonds. The summed E-state index contributed by atoms with van der Waals surface area (Å²) in [4.78, 5) is 28.5. The predicted molar refractivity (Wildman–Crippen MR) is 107 cm³/mol. The first-order chi connectivity index (χ1) is 13.1. The molecule has 5 heteroatoms. The van der Waals surface area contributed by atoms with E-state index in [1.54, 1.807) is 11.3 Å². The maximum atomic E-state index is 13.0. The normalized spacial score (nSPS) is 14.3. The number of carbonyl (C=O) groups excluding carboxylic acids is 1. The first-order valence-electron chi connectivity index (χ1n) is 9.16. The van der Waals surface area contributed by atoms with Crippen LogP contribution in [-0.2, 0) is 13.0 Å². The van der Waals surface area contributed by atoms with Gasteiger partial charge < -0.3 is 0 Å². The highest BCUT2D eigenvalue weighted by molar-refractivity contribution is 7.18. The largest absolute Gasteiger partial charge is 0.299 e. The topological polar surface area (TPSA) is 37.4 Å². The van der Waals surface area contributed by atoms with Crippen LogP contribution in [0.1, 0.15) is 33.6 Å². The van der Waals surface area contributed by atoms with Crippen LogP contribution in [0.15, 0.2) is 53.3 Å². The molecule has 3 nitrogen and oxygen atoms in total. The zero-order chi connectivity index (χ0) is 18.8. The van der Waals surface area contributed by atoms with E-state index in [0.717, 1.165) is 41.6 Å². The molecule has 27 heavy (non-hydrogen) atoms. The molecule has 0 aliphatic carbocycles. The van der Waals surface area contributed by atoms with Gasteiger partial charge in [-0.3, -0.25) is 14.5 Å². The Morgan fingerprint density at radius 3 is 2.70 bits per heavy atom. The van der Waals surface area contributed by atoms with Crippen molar-refractivity contribution in [3.8, 4) is 0 Å². The van der Waals surface area contributed by atoms with E-state index in [0.29, 0.717) is 18.5 Å². The second-order valence-electron chi connectivity index (χ2n) is 6.89. The van der Waals surface area contributed by atoms with Crippen molar-refractivity contribution in [3.05, 3.63) is 80.6 Å². The van der Waals surface area contributed by atoms with Gasteiger partial charge in [-0.15, -0.1) is 11.3 Å². The fourth-order valence-corrected chi connectivity index (χ4v) is 4.74. The molecule has 0 radical (unpaired) electrons. The minimum Gasteiger partial charge on any atom is -0.299 e. The summed E-state index contributed by atoms with van der Waals surface area (Å²) >= 11 is 1.72. The maximum Gasteiger partial charge on any atom is 0.192 e. The second kappa shape index (κ2) is 7.71. The van der Waals surface area contributed by atoms with Crippen LogP contribution in [0.25, 0.3) is 10.1 Å². The molecule has 1 aliphatic rings.